The minimum atomic E-state index is -0.532. The molecule has 3 aliphatic heterocycles. The largest absolute Gasteiger partial charge is 0.387 e. The van der Waals surface area contributed by atoms with Gasteiger partial charge in [-0.2, -0.15) is 0 Å². The summed E-state index contributed by atoms with van der Waals surface area (Å²) in [6.45, 7) is 0. The van der Waals surface area contributed by atoms with Crippen LogP contribution in [0, 0.1) is 5.92 Å². The topological polar surface area (TPSA) is 38.7 Å². The Morgan fingerprint density at radius 2 is 2.22 bits per heavy atom. The van der Waals surface area contributed by atoms with Gasteiger partial charge in [0, 0.05) is 12.3 Å². The van der Waals surface area contributed by atoms with Crippen LogP contribution in [0.2, 0.25) is 0 Å². The van der Waals surface area contributed by atoms with Crippen LogP contribution in [0.1, 0.15) is 12.8 Å². The molecule has 2 atom stereocenters. The third-order valence-corrected chi connectivity index (χ3v) is 2.60. The van der Waals surface area contributed by atoms with Gasteiger partial charge in [0.2, 0.25) is 5.79 Å². The van der Waals surface area contributed by atoms with Crippen LogP contribution in [0.15, 0.2) is 0 Å². The maximum absolute atomic E-state index is 9.27. The quantitative estimate of drug-likeness (QED) is 0.492. The molecule has 4 rings (SSSR count). The van der Waals surface area contributed by atoms with Gasteiger partial charge in [-0.1, -0.05) is 0 Å². The lowest BCUT2D eigenvalue weighted by atomic mass is 10.1. The van der Waals surface area contributed by atoms with Crippen molar-refractivity contribution in [2.24, 2.45) is 5.92 Å². The van der Waals surface area contributed by atoms with Crippen LogP contribution in [0.4, 0.5) is 0 Å². The molecule has 50 valence electrons. The summed E-state index contributed by atoms with van der Waals surface area (Å²) in [4.78, 5) is 0. The number of hydrogen-bond acceptors (Lipinski definition) is 3. The lowest BCUT2D eigenvalue weighted by molar-refractivity contribution is -0.452. The number of rotatable bonds is 0. The molecule has 0 aromatic carbocycles. The van der Waals surface area contributed by atoms with Crippen LogP contribution in [0.3, 0.4) is 0 Å². The van der Waals surface area contributed by atoms with Crippen molar-refractivity contribution in [2.45, 2.75) is 31.0 Å². The summed E-state index contributed by atoms with van der Waals surface area (Å²) in [5, 5.41) is 9.27. The molecule has 3 nitrogen and oxygen atoms in total. The highest BCUT2D eigenvalue weighted by Crippen LogP contribution is 2.58. The predicted octanol–water partition coefficient (Wildman–Crippen LogP) is -0.160. The van der Waals surface area contributed by atoms with Crippen LogP contribution < -0.4 is 0 Å². The van der Waals surface area contributed by atoms with E-state index in [1.165, 1.54) is 0 Å². The van der Waals surface area contributed by atoms with Gasteiger partial charge in [0.05, 0.1) is 0 Å². The molecule has 4 aliphatic rings. The fourth-order valence-electron chi connectivity index (χ4n) is 2.11. The minimum absolute atomic E-state index is 0.0356. The summed E-state index contributed by atoms with van der Waals surface area (Å²) in [7, 11) is 0. The Bertz CT molecular complexity index is 162. The Hall–Kier alpha value is -0.120. The third kappa shape index (κ3) is 0.327. The number of aliphatic hydroxyl groups excluding tert-OH is 1. The molecule has 9 heavy (non-hydrogen) atoms. The fraction of sp³-hybridized carbons (Fsp3) is 1.00. The van der Waals surface area contributed by atoms with E-state index in [1.54, 1.807) is 0 Å². The normalized spacial score (nSPS) is 68.3. The smallest absolute Gasteiger partial charge is 0.200 e. The zero-order valence-electron chi connectivity index (χ0n) is 4.91. The van der Waals surface area contributed by atoms with Crippen molar-refractivity contribution in [2.75, 3.05) is 0 Å². The van der Waals surface area contributed by atoms with Gasteiger partial charge in [-0.25, -0.2) is 0 Å². The highest BCUT2D eigenvalue weighted by Gasteiger charge is 2.69. The molecule has 1 spiro atoms. The Kier molecular flexibility index (Phi) is 0.542. The minimum Gasteiger partial charge on any atom is -0.387 e. The average molecular weight is 128 g/mol. The lowest BCUT2D eigenvalue weighted by Gasteiger charge is -2.45. The molecule has 2 unspecified atom stereocenters. The second kappa shape index (κ2) is 1.05. The summed E-state index contributed by atoms with van der Waals surface area (Å²) in [5.74, 6) is -0.0463. The van der Waals surface area contributed by atoms with Crippen LogP contribution in [-0.2, 0) is 9.47 Å². The van der Waals surface area contributed by atoms with Gasteiger partial charge in [0.15, 0.2) is 6.29 Å². The van der Waals surface area contributed by atoms with E-state index in [1.807, 2.05) is 0 Å². The van der Waals surface area contributed by atoms with E-state index >= 15 is 0 Å². The third-order valence-electron chi connectivity index (χ3n) is 2.60. The zero-order chi connectivity index (χ0) is 6.06. The first-order valence-corrected chi connectivity index (χ1v) is 3.34. The monoisotopic (exact) mass is 128 g/mol. The number of hydrogen-bond donors (Lipinski definition) is 1. The van der Waals surface area contributed by atoms with E-state index in [9.17, 15) is 5.11 Å². The van der Waals surface area contributed by atoms with Gasteiger partial charge < -0.3 is 14.6 Å². The second-order valence-corrected chi connectivity index (χ2v) is 3.13. The molecule has 0 aromatic heterocycles. The highest BCUT2D eigenvalue weighted by atomic mass is 16.9. The Balaban J connectivity index is 2.06. The SMILES string of the molecule is OC1CC2CC13OC2O3. The number of aliphatic hydroxyl groups is 1. The molecule has 0 radical (unpaired) electrons. The van der Waals surface area contributed by atoms with E-state index < -0.39 is 5.79 Å². The van der Waals surface area contributed by atoms with Crippen molar-refractivity contribution in [1.29, 1.82) is 0 Å². The molecule has 4 fully saturated rings. The second-order valence-electron chi connectivity index (χ2n) is 3.13. The van der Waals surface area contributed by atoms with Crippen molar-refractivity contribution < 1.29 is 14.6 Å². The summed E-state index contributed by atoms with van der Waals surface area (Å²) < 4.78 is 10.6. The summed E-state index contributed by atoms with van der Waals surface area (Å²) in [5.41, 5.74) is 0. The van der Waals surface area contributed by atoms with Crippen molar-refractivity contribution in [3.8, 4) is 0 Å². The van der Waals surface area contributed by atoms with Crippen molar-refractivity contribution in [3.05, 3.63) is 0 Å². The fourth-order valence-corrected chi connectivity index (χ4v) is 2.11. The van der Waals surface area contributed by atoms with E-state index in [4.69, 9.17) is 9.47 Å². The maximum atomic E-state index is 9.27. The summed E-state index contributed by atoms with van der Waals surface area (Å²) in [6, 6.07) is 0. The van der Waals surface area contributed by atoms with Gasteiger partial charge in [-0.3, -0.25) is 0 Å². The van der Waals surface area contributed by atoms with Gasteiger partial charge in [-0.05, 0) is 6.42 Å². The van der Waals surface area contributed by atoms with Crippen LogP contribution in [0.5, 0.6) is 0 Å². The predicted molar refractivity (Wildman–Crippen MR) is 27.4 cm³/mol. The van der Waals surface area contributed by atoms with Gasteiger partial charge in [-0.15, -0.1) is 0 Å². The molecule has 3 saturated heterocycles. The lowest BCUT2D eigenvalue weighted by Crippen LogP contribution is -2.56. The van der Waals surface area contributed by atoms with Crippen LogP contribution in [-0.4, -0.2) is 23.3 Å². The summed E-state index contributed by atoms with van der Waals surface area (Å²) >= 11 is 0. The molecule has 0 amide bonds. The average Bonchev–Trinajstić information content (AvgIpc) is 2.20. The van der Waals surface area contributed by atoms with Crippen molar-refractivity contribution in [1.82, 2.24) is 0 Å². The molecular formula is C6H8O3. The van der Waals surface area contributed by atoms with Gasteiger partial charge in [0.25, 0.3) is 0 Å². The molecule has 3 heterocycles. The van der Waals surface area contributed by atoms with E-state index in [2.05, 4.69) is 0 Å². The highest BCUT2D eigenvalue weighted by molar-refractivity contribution is 5.05. The Morgan fingerprint density at radius 1 is 1.44 bits per heavy atom. The first kappa shape index (κ1) is 4.66. The Morgan fingerprint density at radius 3 is 2.44 bits per heavy atom. The molecular weight excluding hydrogens is 120 g/mol. The molecule has 3 bridgehead atoms. The molecule has 3 heteroatoms. The molecule has 1 saturated carbocycles. The Labute approximate surface area is 52.6 Å². The number of ether oxygens (including phenoxy) is 2. The standard InChI is InChI=1S/C6H8O3/c7-4-1-3-2-6(4)8-5(3)9-6/h3-5,7H,1-2H2. The van der Waals surface area contributed by atoms with Gasteiger partial charge in [0.1, 0.15) is 6.10 Å². The first-order valence-electron chi connectivity index (χ1n) is 3.34. The summed E-state index contributed by atoms with van der Waals surface area (Å²) in [6.07, 6.45) is 1.48. The van der Waals surface area contributed by atoms with E-state index in [0.29, 0.717) is 5.92 Å². The zero-order valence-corrected chi connectivity index (χ0v) is 4.91. The van der Waals surface area contributed by atoms with E-state index in [-0.39, 0.29) is 12.4 Å². The van der Waals surface area contributed by atoms with Gasteiger partial charge >= 0.3 is 0 Å². The molecule has 0 aromatic rings. The molecule has 1 aliphatic carbocycles. The van der Waals surface area contributed by atoms with Crippen LogP contribution in [0.25, 0.3) is 0 Å². The van der Waals surface area contributed by atoms with Crippen molar-refractivity contribution in [3.63, 3.8) is 0 Å². The van der Waals surface area contributed by atoms with Crippen LogP contribution >= 0.6 is 0 Å². The molecule has 1 N–H and O–H groups in total. The first-order chi connectivity index (χ1) is 4.30. The van der Waals surface area contributed by atoms with E-state index in [0.717, 1.165) is 12.8 Å². The van der Waals surface area contributed by atoms with Crippen molar-refractivity contribution >= 4 is 0 Å². The maximum Gasteiger partial charge on any atom is 0.200 e.